The van der Waals surface area contributed by atoms with Crippen molar-refractivity contribution in [2.45, 2.75) is 116 Å². The average Bonchev–Trinajstić information content (AvgIpc) is 2.54. The maximum Gasteiger partial charge on any atom is 0.306 e. The molecule has 1 unspecified atom stereocenters. The van der Waals surface area contributed by atoms with Crippen molar-refractivity contribution in [1.29, 1.82) is 0 Å². The Bertz CT molecular complexity index is 269. The predicted octanol–water partition coefficient (Wildman–Crippen LogP) is 6.42. The second-order valence-corrected chi connectivity index (χ2v) is 7.17. The van der Waals surface area contributed by atoms with E-state index in [1.165, 1.54) is 83.5 Å². The lowest BCUT2D eigenvalue weighted by atomic mass is 9.86. The molecule has 0 heterocycles. The molecule has 22 heavy (non-hydrogen) atoms. The number of esters is 1. The molecule has 0 amide bonds. The molecule has 1 saturated carbocycles. The van der Waals surface area contributed by atoms with Gasteiger partial charge >= 0.3 is 5.97 Å². The number of hydrogen-bond donors (Lipinski definition) is 0. The summed E-state index contributed by atoms with van der Waals surface area (Å²) in [4.78, 5) is 11.9. The summed E-state index contributed by atoms with van der Waals surface area (Å²) in [6.45, 7) is 4.35. The molecule has 1 atom stereocenters. The Kier molecular flexibility index (Phi) is 11.5. The van der Waals surface area contributed by atoms with E-state index < -0.39 is 0 Å². The van der Waals surface area contributed by atoms with Crippen LogP contribution in [0.4, 0.5) is 0 Å². The zero-order valence-corrected chi connectivity index (χ0v) is 15.1. The summed E-state index contributed by atoms with van der Waals surface area (Å²) in [6.07, 6.45) is 18.8. The summed E-state index contributed by atoms with van der Waals surface area (Å²) in [6, 6.07) is 0. The van der Waals surface area contributed by atoms with Crippen molar-refractivity contribution in [2.75, 3.05) is 0 Å². The van der Waals surface area contributed by atoms with Gasteiger partial charge in [-0.05, 0) is 32.1 Å². The summed E-state index contributed by atoms with van der Waals surface area (Å²) in [5.41, 5.74) is 0. The van der Waals surface area contributed by atoms with E-state index in [9.17, 15) is 4.79 Å². The van der Waals surface area contributed by atoms with Crippen LogP contribution >= 0.6 is 0 Å². The third-order valence-corrected chi connectivity index (χ3v) is 5.12. The first-order valence-corrected chi connectivity index (χ1v) is 9.93. The third kappa shape index (κ3) is 9.48. The third-order valence-electron chi connectivity index (χ3n) is 5.12. The lowest BCUT2D eigenvalue weighted by molar-refractivity contribution is -0.151. The first kappa shape index (κ1) is 19.5. The van der Waals surface area contributed by atoms with E-state index in [0.717, 1.165) is 6.42 Å². The quantitative estimate of drug-likeness (QED) is 0.307. The molecule has 2 nitrogen and oxygen atoms in total. The molecule has 0 radical (unpaired) electrons. The van der Waals surface area contributed by atoms with Crippen molar-refractivity contribution in [3.8, 4) is 0 Å². The number of unbranched alkanes of at least 4 members (excludes halogenated alkanes) is 8. The fraction of sp³-hybridized carbons (Fsp3) is 0.950. The Morgan fingerprint density at radius 1 is 0.909 bits per heavy atom. The lowest BCUT2D eigenvalue weighted by Gasteiger charge is -2.27. The van der Waals surface area contributed by atoms with Crippen LogP contribution in [0.25, 0.3) is 0 Å². The van der Waals surface area contributed by atoms with Gasteiger partial charge in [-0.2, -0.15) is 0 Å². The molecule has 1 aliphatic carbocycles. The van der Waals surface area contributed by atoms with E-state index >= 15 is 0 Å². The van der Waals surface area contributed by atoms with Gasteiger partial charge in [0.2, 0.25) is 0 Å². The lowest BCUT2D eigenvalue weighted by Crippen LogP contribution is -2.25. The number of ether oxygens (including phenoxy) is 1. The molecule has 130 valence electrons. The molecule has 0 aliphatic heterocycles. The maximum absolute atomic E-state index is 11.9. The molecular formula is C20H38O2. The molecule has 0 N–H and O–H groups in total. The van der Waals surface area contributed by atoms with Gasteiger partial charge < -0.3 is 4.74 Å². The van der Waals surface area contributed by atoms with E-state index in [-0.39, 0.29) is 12.1 Å². The van der Waals surface area contributed by atoms with E-state index in [1.54, 1.807) is 0 Å². The van der Waals surface area contributed by atoms with Crippen LogP contribution in [0.3, 0.4) is 0 Å². The van der Waals surface area contributed by atoms with Crippen molar-refractivity contribution in [3.05, 3.63) is 0 Å². The topological polar surface area (TPSA) is 26.3 Å². The van der Waals surface area contributed by atoms with Gasteiger partial charge in [-0.3, -0.25) is 4.79 Å². The van der Waals surface area contributed by atoms with Gasteiger partial charge in [0.1, 0.15) is 6.10 Å². The fourth-order valence-electron chi connectivity index (χ4n) is 3.55. The van der Waals surface area contributed by atoms with Gasteiger partial charge in [0.05, 0.1) is 0 Å². The van der Waals surface area contributed by atoms with E-state index in [1.807, 2.05) is 0 Å². The van der Waals surface area contributed by atoms with Crippen LogP contribution in [0.5, 0.6) is 0 Å². The monoisotopic (exact) mass is 310 g/mol. The van der Waals surface area contributed by atoms with Gasteiger partial charge in [0, 0.05) is 6.42 Å². The molecule has 2 heteroatoms. The molecule has 0 aromatic carbocycles. The summed E-state index contributed by atoms with van der Waals surface area (Å²) < 4.78 is 5.62. The molecule has 0 bridgehead atoms. The van der Waals surface area contributed by atoms with E-state index in [2.05, 4.69) is 13.8 Å². The van der Waals surface area contributed by atoms with Crippen molar-refractivity contribution >= 4 is 5.97 Å². The van der Waals surface area contributed by atoms with Gasteiger partial charge in [0.15, 0.2) is 0 Å². The highest BCUT2D eigenvalue weighted by Crippen LogP contribution is 2.28. The molecule has 0 aromatic heterocycles. The van der Waals surface area contributed by atoms with Gasteiger partial charge in [-0.15, -0.1) is 0 Å². The van der Waals surface area contributed by atoms with Crippen LogP contribution in [0.2, 0.25) is 0 Å². The van der Waals surface area contributed by atoms with Crippen molar-refractivity contribution in [3.63, 3.8) is 0 Å². The van der Waals surface area contributed by atoms with Crippen LogP contribution in [0.1, 0.15) is 110 Å². The van der Waals surface area contributed by atoms with Crippen LogP contribution in [0, 0.1) is 5.92 Å². The first-order valence-electron chi connectivity index (χ1n) is 9.93. The zero-order valence-electron chi connectivity index (χ0n) is 15.1. The van der Waals surface area contributed by atoms with Crippen molar-refractivity contribution in [2.24, 2.45) is 5.92 Å². The summed E-state index contributed by atoms with van der Waals surface area (Å²) >= 11 is 0. The minimum absolute atomic E-state index is 0.0287. The zero-order chi connectivity index (χ0) is 16.0. The van der Waals surface area contributed by atoms with E-state index in [4.69, 9.17) is 4.74 Å². The van der Waals surface area contributed by atoms with Gasteiger partial charge in [-0.1, -0.05) is 77.6 Å². The highest BCUT2D eigenvalue weighted by atomic mass is 16.5. The Labute approximate surface area is 138 Å². The minimum atomic E-state index is 0.0287. The fourth-order valence-corrected chi connectivity index (χ4v) is 3.55. The molecule has 1 rings (SSSR count). The van der Waals surface area contributed by atoms with Crippen LogP contribution in [-0.4, -0.2) is 12.1 Å². The number of rotatable bonds is 12. The highest BCUT2D eigenvalue weighted by Gasteiger charge is 2.22. The summed E-state index contributed by atoms with van der Waals surface area (Å²) in [7, 11) is 0. The number of carbonyl (C=O) groups is 1. The smallest absolute Gasteiger partial charge is 0.306 e. The van der Waals surface area contributed by atoms with Gasteiger partial charge in [0.25, 0.3) is 0 Å². The standard InChI is InChI=1S/C20H38O2/c1-3-4-5-6-7-8-9-10-14-17-20(21)22-18(2)19-15-12-11-13-16-19/h18-19H,3-17H2,1-2H3. The van der Waals surface area contributed by atoms with Crippen LogP contribution < -0.4 is 0 Å². The SMILES string of the molecule is CCCCCCCCCCCC(=O)OC(C)C1CCCCC1. The normalized spacial score (nSPS) is 17.4. The molecule has 1 fully saturated rings. The molecule has 0 saturated heterocycles. The second kappa shape index (κ2) is 13.0. The Morgan fingerprint density at radius 3 is 2.05 bits per heavy atom. The largest absolute Gasteiger partial charge is 0.462 e. The highest BCUT2D eigenvalue weighted by molar-refractivity contribution is 5.69. The predicted molar refractivity (Wildman–Crippen MR) is 94.0 cm³/mol. The molecule has 1 aliphatic rings. The van der Waals surface area contributed by atoms with Crippen LogP contribution in [0.15, 0.2) is 0 Å². The second-order valence-electron chi connectivity index (χ2n) is 7.17. The molecule has 0 spiro atoms. The summed E-state index contributed by atoms with van der Waals surface area (Å²) in [5.74, 6) is 0.641. The molecular weight excluding hydrogens is 272 g/mol. The average molecular weight is 311 g/mol. The Morgan fingerprint density at radius 2 is 1.45 bits per heavy atom. The number of carbonyl (C=O) groups excluding carboxylic acids is 1. The Balaban J connectivity index is 1.92. The Hall–Kier alpha value is -0.530. The van der Waals surface area contributed by atoms with Gasteiger partial charge in [-0.25, -0.2) is 0 Å². The van der Waals surface area contributed by atoms with Crippen LogP contribution in [-0.2, 0) is 9.53 Å². The van der Waals surface area contributed by atoms with Crippen molar-refractivity contribution in [1.82, 2.24) is 0 Å². The molecule has 0 aromatic rings. The summed E-state index contributed by atoms with van der Waals surface area (Å²) in [5, 5.41) is 0. The van der Waals surface area contributed by atoms with Crippen molar-refractivity contribution < 1.29 is 9.53 Å². The maximum atomic E-state index is 11.9. The number of hydrogen-bond acceptors (Lipinski definition) is 2. The first-order chi connectivity index (χ1) is 10.7. The minimum Gasteiger partial charge on any atom is -0.462 e. The van der Waals surface area contributed by atoms with E-state index in [0.29, 0.717) is 12.3 Å².